The Labute approximate surface area is 64.2 Å². The molecule has 0 aliphatic heterocycles. The summed E-state index contributed by atoms with van der Waals surface area (Å²) in [5, 5.41) is 3.33. The van der Waals surface area contributed by atoms with Gasteiger partial charge in [0.25, 0.3) is 0 Å². The molecule has 1 heteroatoms. The van der Waals surface area contributed by atoms with Crippen molar-refractivity contribution in [3.63, 3.8) is 0 Å². The third kappa shape index (κ3) is 1.98. The van der Waals surface area contributed by atoms with Crippen LogP contribution in [0.25, 0.3) is 0 Å². The molecule has 0 heterocycles. The normalized spacial score (nSPS) is 32.4. The molecule has 2 atom stereocenters. The minimum absolute atomic E-state index is 0.357. The van der Waals surface area contributed by atoms with Gasteiger partial charge in [-0.05, 0) is 45.6 Å². The van der Waals surface area contributed by atoms with Crippen LogP contribution in [0, 0.1) is 11.8 Å². The van der Waals surface area contributed by atoms with Crippen LogP contribution in [-0.4, -0.2) is 12.6 Å². The zero-order valence-electron chi connectivity index (χ0n) is 7.57. The molecule has 10 heavy (non-hydrogen) atoms. The fourth-order valence-electron chi connectivity index (χ4n) is 1.44. The zero-order chi connectivity index (χ0) is 7.78. The van der Waals surface area contributed by atoms with Crippen LogP contribution in [0.15, 0.2) is 0 Å². The van der Waals surface area contributed by atoms with Crippen LogP contribution in [0.2, 0.25) is 0 Å². The largest absolute Gasteiger partial charge is 0.315 e. The summed E-state index contributed by atoms with van der Waals surface area (Å²) in [4.78, 5) is 0. The van der Waals surface area contributed by atoms with Gasteiger partial charge in [-0.3, -0.25) is 0 Å². The van der Waals surface area contributed by atoms with Gasteiger partial charge >= 0.3 is 0 Å². The maximum Gasteiger partial charge on any atom is 0.0124 e. The Hall–Kier alpha value is -0.0400. The fraction of sp³-hybridized carbons (Fsp3) is 1.00. The van der Waals surface area contributed by atoms with Crippen LogP contribution >= 0.6 is 0 Å². The molecule has 0 saturated heterocycles. The highest BCUT2D eigenvalue weighted by Gasteiger charge is 2.36. The molecule has 0 aromatic rings. The minimum atomic E-state index is 0.357. The van der Waals surface area contributed by atoms with E-state index in [1.54, 1.807) is 0 Å². The van der Waals surface area contributed by atoms with Gasteiger partial charge in [0, 0.05) is 5.54 Å². The average molecular weight is 141 g/mol. The predicted octanol–water partition coefficient (Wildman–Crippen LogP) is 2.03. The molecule has 0 aromatic heterocycles. The van der Waals surface area contributed by atoms with E-state index in [0.717, 1.165) is 11.8 Å². The third-order valence-electron chi connectivity index (χ3n) is 2.73. The Kier molecular flexibility index (Phi) is 2.04. The first-order chi connectivity index (χ1) is 4.55. The second kappa shape index (κ2) is 2.54. The van der Waals surface area contributed by atoms with Crippen molar-refractivity contribution in [3.05, 3.63) is 0 Å². The van der Waals surface area contributed by atoms with E-state index in [2.05, 4.69) is 26.1 Å². The average Bonchev–Trinajstić information content (AvgIpc) is 2.46. The number of hydrogen-bond donors (Lipinski definition) is 1. The molecule has 0 aromatic carbocycles. The van der Waals surface area contributed by atoms with Crippen molar-refractivity contribution < 1.29 is 0 Å². The van der Waals surface area contributed by atoms with E-state index in [1.807, 2.05) is 7.05 Å². The smallest absolute Gasteiger partial charge is 0.0124 e. The Morgan fingerprint density at radius 2 is 2.00 bits per heavy atom. The number of nitrogens with one attached hydrogen (secondary N) is 1. The van der Waals surface area contributed by atoms with Gasteiger partial charge in [0.2, 0.25) is 0 Å². The molecule has 1 aliphatic rings. The van der Waals surface area contributed by atoms with E-state index in [0.29, 0.717) is 5.54 Å². The van der Waals surface area contributed by atoms with Crippen molar-refractivity contribution in [1.29, 1.82) is 0 Å². The maximum absolute atomic E-state index is 3.33. The summed E-state index contributed by atoms with van der Waals surface area (Å²) in [6.07, 6.45) is 2.79. The van der Waals surface area contributed by atoms with Crippen molar-refractivity contribution in [1.82, 2.24) is 5.32 Å². The number of rotatable bonds is 3. The summed E-state index contributed by atoms with van der Waals surface area (Å²) >= 11 is 0. The summed E-state index contributed by atoms with van der Waals surface area (Å²) < 4.78 is 0. The van der Waals surface area contributed by atoms with Gasteiger partial charge in [-0.25, -0.2) is 0 Å². The molecule has 0 amide bonds. The molecule has 0 radical (unpaired) electrons. The van der Waals surface area contributed by atoms with Crippen LogP contribution in [0.1, 0.15) is 33.6 Å². The Morgan fingerprint density at radius 3 is 2.30 bits per heavy atom. The van der Waals surface area contributed by atoms with Crippen molar-refractivity contribution in [2.24, 2.45) is 11.8 Å². The summed E-state index contributed by atoms with van der Waals surface area (Å²) in [7, 11) is 2.05. The molecule has 60 valence electrons. The lowest BCUT2D eigenvalue weighted by Gasteiger charge is -2.23. The first-order valence-corrected chi connectivity index (χ1v) is 4.24. The number of hydrogen-bond acceptors (Lipinski definition) is 1. The highest BCUT2D eigenvalue weighted by molar-refractivity contribution is 4.90. The Morgan fingerprint density at radius 1 is 1.50 bits per heavy atom. The molecule has 1 fully saturated rings. The molecule has 0 bridgehead atoms. The van der Waals surface area contributed by atoms with Gasteiger partial charge in [-0.2, -0.15) is 0 Å². The maximum atomic E-state index is 3.33. The molecule has 1 saturated carbocycles. The zero-order valence-corrected chi connectivity index (χ0v) is 7.57. The van der Waals surface area contributed by atoms with Gasteiger partial charge < -0.3 is 5.32 Å². The quantitative estimate of drug-likeness (QED) is 0.634. The lowest BCUT2D eigenvalue weighted by atomic mass is 9.97. The van der Waals surface area contributed by atoms with Crippen molar-refractivity contribution in [2.45, 2.75) is 39.2 Å². The van der Waals surface area contributed by atoms with Gasteiger partial charge in [-0.15, -0.1) is 0 Å². The van der Waals surface area contributed by atoms with E-state index in [-0.39, 0.29) is 0 Å². The fourth-order valence-corrected chi connectivity index (χ4v) is 1.44. The second-order valence-corrected chi connectivity index (χ2v) is 4.31. The van der Waals surface area contributed by atoms with E-state index < -0.39 is 0 Å². The van der Waals surface area contributed by atoms with Crippen molar-refractivity contribution in [2.75, 3.05) is 7.05 Å². The van der Waals surface area contributed by atoms with Crippen LogP contribution in [0.4, 0.5) is 0 Å². The first-order valence-electron chi connectivity index (χ1n) is 4.24. The van der Waals surface area contributed by atoms with E-state index in [4.69, 9.17) is 0 Å². The topological polar surface area (TPSA) is 12.0 Å². The lowest BCUT2D eigenvalue weighted by molar-refractivity contribution is 0.365. The monoisotopic (exact) mass is 141 g/mol. The lowest BCUT2D eigenvalue weighted by Crippen LogP contribution is -2.36. The van der Waals surface area contributed by atoms with Crippen LogP contribution in [0.3, 0.4) is 0 Å². The minimum Gasteiger partial charge on any atom is -0.315 e. The van der Waals surface area contributed by atoms with E-state index in [9.17, 15) is 0 Å². The predicted molar refractivity (Wildman–Crippen MR) is 45.0 cm³/mol. The molecule has 1 nitrogen and oxygen atoms in total. The van der Waals surface area contributed by atoms with Crippen molar-refractivity contribution in [3.8, 4) is 0 Å². The molecule has 1 aliphatic carbocycles. The third-order valence-corrected chi connectivity index (χ3v) is 2.73. The van der Waals surface area contributed by atoms with E-state index in [1.165, 1.54) is 12.8 Å². The van der Waals surface area contributed by atoms with Gasteiger partial charge in [-0.1, -0.05) is 6.92 Å². The van der Waals surface area contributed by atoms with Gasteiger partial charge in [0.1, 0.15) is 0 Å². The van der Waals surface area contributed by atoms with Crippen LogP contribution in [0.5, 0.6) is 0 Å². The Balaban J connectivity index is 2.24. The molecule has 1 N–H and O–H groups in total. The molecular weight excluding hydrogens is 122 g/mol. The summed E-state index contributed by atoms with van der Waals surface area (Å²) in [5.41, 5.74) is 0.357. The Bertz CT molecular complexity index is 118. The van der Waals surface area contributed by atoms with Gasteiger partial charge in [0.05, 0.1) is 0 Å². The van der Waals surface area contributed by atoms with Gasteiger partial charge in [0.15, 0.2) is 0 Å². The molecule has 0 spiro atoms. The van der Waals surface area contributed by atoms with Crippen molar-refractivity contribution >= 4 is 0 Å². The SMILES string of the molecule is CNC(C)(C)CC1CC1C. The van der Waals surface area contributed by atoms with E-state index >= 15 is 0 Å². The first kappa shape index (κ1) is 8.06. The highest BCUT2D eigenvalue weighted by Crippen LogP contribution is 2.43. The molecule has 2 unspecified atom stereocenters. The van der Waals surface area contributed by atoms with Crippen LogP contribution in [-0.2, 0) is 0 Å². The molecular formula is C9H19N. The second-order valence-electron chi connectivity index (χ2n) is 4.31. The standard InChI is InChI=1S/C9H19N/c1-7-5-8(7)6-9(2,3)10-4/h7-8,10H,5-6H2,1-4H3. The highest BCUT2D eigenvalue weighted by atomic mass is 14.9. The van der Waals surface area contributed by atoms with Crippen LogP contribution < -0.4 is 5.32 Å². The summed E-state index contributed by atoms with van der Waals surface area (Å²) in [5.74, 6) is 2.00. The molecule has 1 rings (SSSR count). The summed E-state index contributed by atoms with van der Waals surface area (Å²) in [6.45, 7) is 6.90. The summed E-state index contributed by atoms with van der Waals surface area (Å²) in [6, 6.07) is 0.